The normalized spacial score (nSPS) is 24.5. The molecule has 31 heteroatoms. The van der Waals surface area contributed by atoms with Crippen molar-refractivity contribution in [2.24, 2.45) is 5.92 Å². The molecular weight excluding hydrogens is 1220 g/mol. The van der Waals surface area contributed by atoms with Crippen molar-refractivity contribution in [2.75, 3.05) is 26.2 Å². The first-order valence-electron chi connectivity index (χ1n) is 29.5. The molecule has 91 heavy (non-hydrogen) atoms. The van der Waals surface area contributed by atoms with Gasteiger partial charge in [-0.15, -0.1) is 4.33 Å². The number of hydrogen-bond acceptors (Lipinski definition) is 23. The van der Waals surface area contributed by atoms with E-state index < -0.39 is 165 Å². The molecule has 1 aromatic heterocycles. The number of nitrogens with zero attached hydrogens (tertiary/aromatic N) is 5. The minimum atomic E-state index is -2.16. The van der Waals surface area contributed by atoms with Crippen molar-refractivity contribution in [3.8, 4) is 45.8 Å². The zero-order valence-corrected chi connectivity index (χ0v) is 53.4. The van der Waals surface area contributed by atoms with Gasteiger partial charge in [0.25, 0.3) is 18.2 Å². The van der Waals surface area contributed by atoms with Gasteiger partial charge in [0.15, 0.2) is 17.3 Å². The number of nitriles is 1. The molecule has 3 saturated heterocycles. The van der Waals surface area contributed by atoms with Crippen LogP contribution in [0.5, 0.6) is 17.2 Å². The van der Waals surface area contributed by atoms with Gasteiger partial charge in [0.1, 0.15) is 42.0 Å². The summed E-state index contributed by atoms with van der Waals surface area (Å²) in [5.74, 6) is -8.56. The van der Waals surface area contributed by atoms with Crippen LogP contribution in [0.2, 0.25) is 0 Å². The van der Waals surface area contributed by atoms with Crippen molar-refractivity contribution in [3.63, 3.8) is 0 Å². The second kappa shape index (κ2) is 35.1. The topological polar surface area (TPSA) is 437 Å². The van der Waals surface area contributed by atoms with Crippen LogP contribution in [0, 0.1) is 17.2 Å². The van der Waals surface area contributed by atoms with Gasteiger partial charge in [0.2, 0.25) is 35.4 Å². The minimum absolute atomic E-state index is 0. The number of carbonyl (C=O) groups is 7. The Morgan fingerprint density at radius 2 is 1.43 bits per heavy atom. The van der Waals surface area contributed by atoms with E-state index in [1.807, 2.05) is 24.3 Å². The van der Waals surface area contributed by atoms with Gasteiger partial charge in [0, 0.05) is 73.9 Å². The van der Waals surface area contributed by atoms with Crippen LogP contribution in [-0.2, 0) is 44.6 Å². The zero-order valence-electron chi connectivity index (χ0n) is 50.6. The first-order chi connectivity index (χ1) is 43.1. The fourth-order valence-corrected chi connectivity index (χ4v) is 11.0. The summed E-state index contributed by atoms with van der Waals surface area (Å²) in [6, 6.07) is 7.22. The number of benzene rings is 3. The number of aliphatic hydroxyl groups is 6. The molecule has 0 bridgehead atoms. The Hall–Kier alpha value is -7.09. The quantitative estimate of drug-likeness (QED) is 0.0118. The van der Waals surface area contributed by atoms with E-state index >= 15 is 0 Å². The maximum absolute atomic E-state index is 14.6. The molecule has 12 N–H and O–H groups in total. The average molecular weight is 1300 g/mol. The van der Waals surface area contributed by atoms with Crippen LogP contribution in [0.15, 0.2) is 79.1 Å². The second-order valence-corrected chi connectivity index (χ2v) is 22.9. The smallest absolute Gasteiger partial charge is 0.691 e. The Morgan fingerprint density at radius 3 is 2.10 bits per heavy atom. The first kappa shape index (κ1) is 73.0. The molecule has 0 aliphatic carbocycles. The van der Waals surface area contributed by atoms with Gasteiger partial charge in [-0.1, -0.05) is 64.2 Å². The number of β-amino-alcohol motifs (C(OH)–C–C–N with tert-alkyl or cyclic N) is 1. The van der Waals surface area contributed by atoms with Crippen molar-refractivity contribution in [1.29, 1.82) is 5.26 Å². The van der Waals surface area contributed by atoms with Gasteiger partial charge >= 0.3 is 29.6 Å². The van der Waals surface area contributed by atoms with Crippen LogP contribution in [-0.4, -0.2) is 196 Å². The number of ether oxygens (including phenoxy) is 1. The zero-order chi connectivity index (χ0) is 65.2. The number of phenolic OH excluding ortho intramolecular Hbond substituents is 1. The van der Waals surface area contributed by atoms with Crippen molar-refractivity contribution in [2.45, 2.75) is 158 Å². The number of aliphatic hydroxyl groups excluding tert-OH is 6. The average Bonchev–Trinajstić information content (AvgIpc) is 1.78. The van der Waals surface area contributed by atoms with Crippen LogP contribution < -0.4 is 70.3 Å². The number of carbonyl (C=O) groups excluding carboxylic acids is 7. The summed E-state index contributed by atoms with van der Waals surface area (Å²) in [6.45, 7) is 3.75. The number of nitrogens with one attached hydrogen (secondary N) is 5. The molecular formula is C60H75N10NaO19S. The van der Waals surface area contributed by atoms with Gasteiger partial charge in [-0.05, 0) is 73.0 Å². The largest absolute Gasteiger partial charge is 1.00 e. The molecule has 3 aliphatic heterocycles. The van der Waals surface area contributed by atoms with Gasteiger partial charge in [-0.25, -0.2) is 9.97 Å². The molecule has 7 amide bonds. The summed E-state index contributed by atoms with van der Waals surface area (Å²) in [5.41, 5.74) is 2.06. The molecule has 7 unspecified atom stereocenters. The standard InChI is InChI=1S/C60H76N10O19S.Na/c1-4-5-6-7-8-9-22-86-41-17-15-36(16-18-41)53-62-27-38(28-63-53)35-11-13-37(14-12-35)54(78)65-42-25-39(72)29-64-58(82)51-52(77)32(2)30-70(51)60(84)50(45(75)20-21-61)68-57(81)49(46(76)23-34-10-19-44(74)47(24-34)87-90-89-88-85)67-56(80)43-26-40(73)31-69(43)59(83)48(33(3)71)66-55(42)79;/h10-19,24,27-28,32-33,39-40,42-43,45-46,48-52,71-77,85H,4-9,20,22-23,25-26,29-31H2,1-3H3,(H,64,82)(H,65,78)(H,66,79)(H,67,80)(H,68,81);/q;+1/p-1/t32?,33?,39-,40?,42-,43?,45+,46+,48?,49?,50-,51?,52-;/m0./s1. The third-order valence-electron chi connectivity index (χ3n) is 15.7. The van der Waals surface area contributed by atoms with E-state index in [2.05, 4.69) is 52.8 Å². The third-order valence-corrected chi connectivity index (χ3v) is 16.1. The molecule has 3 aromatic carbocycles. The summed E-state index contributed by atoms with van der Waals surface area (Å²) in [7, 11) is 0. The summed E-state index contributed by atoms with van der Waals surface area (Å²) in [4.78, 5) is 112. The molecule has 4 heterocycles. The Kier molecular flexibility index (Phi) is 28.1. The van der Waals surface area contributed by atoms with Crippen molar-refractivity contribution >= 4 is 53.7 Å². The number of aromatic nitrogens is 2. The van der Waals surface area contributed by atoms with Crippen molar-refractivity contribution in [1.82, 2.24) is 46.4 Å². The van der Waals surface area contributed by atoms with Crippen molar-refractivity contribution in [3.05, 3.63) is 90.3 Å². The number of hydrogen-bond donors (Lipinski definition) is 12. The van der Waals surface area contributed by atoms with E-state index in [9.17, 15) is 79.8 Å². The molecule has 0 radical (unpaired) electrons. The van der Waals surface area contributed by atoms with Crippen LogP contribution in [0.25, 0.3) is 22.5 Å². The number of phenols is 1. The predicted molar refractivity (Wildman–Crippen MR) is 315 cm³/mol. The van der Waals surface area contributed by atoms with Gasteiger partial charge in [-0.3, -0.25) is 38.6 Å². The minimum Gasteiger partial charge on any atom is -0.691 e. The van der Waals surface area contributed by atoms with E-state index in [1.165, 1.54) is 50.8 Å². The first-order valence-corrected chi connectivity index (χ1v) is 30.1. The summed E-state index contributed by atoms with van der Waals surface area (Å²) in [5, 5.41) is 114. The molecule has 13 atom stereocenters. The second-order valence-electron chi connectivity index (χ2n) is 22.5. The maximum Gasteiger partial charge on any atom is 1.00 e. The van der Waals surface area contributed by atoms with Crippen LogP contribution in [0.1, 0.15) is 94.5 Å². The van der Waals surface area contributed by atoms with Gasteiger partial charge in [-0.2, -0.15) is 5.26 Å². The third kappa shape index (κ3) is 19.7. The fraction of sp³-hybridized carbons (Fsp3) is 0.500. The monoisotopic (exact) mass is 1290 g/mol. The fourth-order valence-electron chi connectivity index (χ4n) is 10.8. The molecule has 486 valence electrons. The predicted octanol–water partition coefficient (Wildman–Crippen LogP) is -3.71. The Labute approximate surface area is 550 Å². The van der Waals surface area contributed by atoms with Gasteiger partial charge in [0.05, 0.1) is 55.7 Å². The van der Waals surface area contributed by atoms with Crippen LogP contribution in [0.4, 0.5) is 0 Å². The molecule has 7 rings (SSSR count). The molecule has 3 aliphatic rings. The molecule has 0 saturated carbocycles. The summed E-state index contributed by atoms with van der Waals surface area (Å²) in [6.07, 6.45) is -3.05. The van der Waals surface area contributed by atoms with Gasteiger partial charge < -0.3 is 86.3 Å². The van der Waals surface area contributed by atoms with E-state index in [0.29, 0.717) is 23.6 Å². The van der Waals surface area contributed by atoms with E-state index in [1.54, 1.807) is 30.6 Å². The maximum atomic E-state index is 14.6. The van der Waals surface area contributed by atoms with E-state index in [-0.39, 0.29) is 65.3 Å². The Bertz CT molecular complexity index is 3150. The molecule has 3 fully saturated rings. The molecule has 4 aromatic rings. The number of amides is 7. The SMILES string of the molecule is CCCCCCCCOc1ccc(-c2ncc(-c3ccc(C(=O)N[C@H]4C[C@H](O)CNC(=O)C5[C@@H](O)C(C)CN5C(=O)[C@H]([C@H](O)CC#N)NC(=O)C([C@H](O)Cc5ccc(O)c(OSOO[O-])c5)NC(=O)C5CC(O)CN5C(=O)C(C(C)O)NC4=O)cc3)cn2)cc1.[Na+]. The molecule has 29 nitrogen and oxygen atoms in total. The number of fused-ring (bicyclic) bond motifs is 2. The number of rotatable bonds is 22. The van der Waals surface area contributed by atoms with Crippen LogP contribution >= 0.6 is 12.3 Å². The Morgan fingerprint density at radius 1 is 0.780 bits per heavy atom. The Balaban J connectivity index is 0.0000132. The van der Waals surface area contributed by atoms with Crippen LogP contribution in [0.3, 0.4) is 0 Å². The number of aromatic hydroxyl groups is 1. The van der Waals surface area contributed by atoms with Crippen molar-refractivity contribution < 1.29 is 122 Å². The van der Waals surface area contributed by atoms with E-state index in [4.69, 9.17) is 8.92 Å². The number of unbranched alkanes of at least 4 members (excludes halogenated alkanes) is 5. The summed E-state index contributed by atoms with van der Waals surface area (Å²) >= 11 is 0.00425. The van der Waals surface area contributed by atoms with E-state index in [0.717, 1.165) is 53.0 Å². The summed E-state index contributed by atoms with van der Waals surface area (Å²) < 4.78 is 15.1. The molecule has 0 spiro atoms.